The molecule has 0 N–H and O–H groups in total. The van der Waals surface area contributed by atoms with Crippen molar-refractivity contribution in [1.29, 1.82) is 0 Å². The maximum atomic E-state index is 13.6. The van der Waals surface area contributed by atoms with Gasteiger partial charge in [0, 0.05) is 18.7 Å². The van der Waals surface area contributed by atoms with Crippen LogP contribution < -0.4 is 0 Å². The molecule has 2 amide bonds. The molecule has 0 atom stereocenters. The van der Waals surface area contributed by atoms with E-state index in [1.165, 1.54) is 23.1 Å². The SMILES string of the molecule is C=CCN(CC(=O)N(Cc1ccccc1)Cc1ccc(C)o1)C(=O)c1cccc(F)c1. The van der Waals surface area contributed by atoms with Crippen LogP contribution in [0.25, 0.3) is 0 Å². The highest BCUT2D eigenvalue weighted by Gasteiger charge is 2.23. The molecule has 6 heteroatoms. The molecule has 160 valence electrons. The first-order chi connectivity index (χ1) is 15.0. The monoisotopic (exact) mass is 420 g/mol. The van der Waals surface area contributed by atoms with Gasteiger partial charge < -0.3 is 14.2 Å². The molecule has 0 unspecified atom stereocenters. The summed E-state index contributed by atoms with van der Waals surface area (Å²) < 4.78 is 19.2. The highest BCUT2D eigenvalue weighted by Crippen LogP contribution is 2.15. The molecule has 0 bridgehead atoms. The molecule has 0 aliphatic rings. The normalized spacial score (nSPS) is 10.5. The molecule has 3 rings (SSSR count). The van der Waals surface area contributed by atoms with Crippen molar-refractivity contribution in [2.45, 2.75) is 20.0 Å². The van der Waals surface area contributed by atoms with E-state index in [2.05, 4.69) is 6.58 Å². The lowest BCUT2D eigenvalue weighted by atomic mass is 10.2. The Bertz CT molecular complexity index is 1050. The van der Waals surface area contributed by atoms with Gasteiger partial charge >= 0.3 is 0 Å². The fourth-order valence-electron chi connectivity index (χ4n) is 3.24. The van der Waals surface area contributed by atoms with Gasteiger partial charge in [-0.3, -0.25) is 9.59 Å². The molecule has 0 spiro atoms. The number of benzene rings is 2. The van der Waals surface area contributed by atoms with Crippen molar-refractivity contribution in [3.63, 3.8) is 0 Å². The number of amides is 2. The lowest BCUT2D eigenvalue weighted by Crippen LogP contribution is -2.42. The summed E-state index contributed by atoms with van der Waals surface area (Å²) in [5, 5.41) is 0. The summed E-state index contributed by atoms with van der Waals surface area (Å²) in [4.78, 5) is 29.1. The Morgan fingerprint density at radius 1 is 1.00 bits per heavy atom. The Balaban J connectivity index is 1.80. The van der Waals surface area contributed by atoms with Crippen molar-refractivity contribution in [3.05, 3.63) is 108 Å². The molecule has 3 aromatic rings. The van der Waals surface area contributed by atoms with Gasteiger partial charge in [0.1, 0.15) is 23.9 Å². The average Bonchev–Trinajstić information content (AvgIpc) is 3.17. The highest BCUT2D eigenvalue weighted by atomic mass is 19.1. The van der Waals surface area contributed by atoms with Crippen LogP contribution in [0.1, 0.15) is 27.4 Å². The molecular formula is C25H25FN2O3. The summed E-state index contributed by atoms with van der Waals surface area (Å²) in [6.45, 7) is 6.17. The van der Waals surface area contributed by atoms with Crippen molar-refractivity contribution in [2.75, 3.05) is 13.1 Å². The first-order valence-corrected chi connectivity index (χ1v) is 9.99. The second kappa shape index (κ2) is 10.4. The highest BCUT2D eigenvalue weighted by molar-refractivity contribution is 5.96. The summed E-state index contributed by atoms with van der Waals surface area (Å²) in [6.07, 6.45) is 1.54. The standard InChI is InChI=1S/C25H25FN2O3/c1-3-14-27(25(30)21-10-7-11-22(26)15-21)18-24(29)28(16-20-8-5-4-6-9-20)17-23-13-12-19(2)31-23/h3-13,15H,1,14,16-18H2,2H3. The number of hydrogen-bond donors (Lipinski definition) is 0. The lowest BCUT2D eigenvalue weighted by molar-refractivity contribution is -0.133. The van der Waals surface area contributed by atoms with Crippen LogP contribution in [0.3, 0.4) is 0 Å². The van der Waals surface area contributed by atoms with Crippen molar-refractivity contribution < 1.29 is 18.4 Å². The molecule has 2 aromatic carbocycles. The molecular weight excluding hydrogens is 395 g/mol. The Hall–Kier alpha value is -3.67. The first kappa shape index (κ1) is 22.0. The van der Waals surface area contributed by atoms with Crippen molar-refractivity contribution >= 4 is 11.8 Å². The zero-order valence-corrected chi connectivity index (χ0v) is 17.5. The van der Waals surface area contributed by atoms with E-state index >= 15 is 0 Å². The van der Waals surface area contributed by atoms with E-state index in [0.29, 0.717) is 12.3 Å². The molecule has 1 aromatic heterocycles. The van der Waals surface area contributed by atoms with Gasteiger partial charge in [0.2, 0.25) is 5.91 Å². The van der Waals surface area contributed by atoms with E-state index in [1.807, 2.05) is 49.4 Å². The predicted octanol–water partition coefficient (Wildman–Crippen LogP) is 4.58. The van der Waals surface area contributed by atoms with E-state index in [1.54, 1.807) is 11.0 Å². The Labute approximate surface area is 181 Å². The quantitative estimate of drug-likeness (QED) is 0.476. The van der Waals surface area contributed by atoms with E-state index in [-0.39, 0.29) is 31.1 Å². The molecule has 0 radical (unpaired) electrons. The average molecular weight is 420 g/mol. The number of rotatable bonds is 9. The molecule has 31 heavy (non-hydrogen) atoms. The van der Waals surface area contributed by atoms with E-state index in [0.717, 1.165) is 17.4 Å². The summed E-state index contributed by atoms with van der Waals surface area (Å²) in [5.41, 5.74) is 1.15. The van der Waals surface area contributed by atoms with Gasteiger partial charge in [0.15, 0.2) is 0 Å². The van der Waals surface area contributed by atoms with Gasteiger partial charge in [-0.25, -0.2) is 4.39 Å². The van der Waals surface area contributed by atoms with Crippen LogP contribution in [0, 0.1) is 12.7 Å². The number of carbonyl (C=O) groups is 2. The van der Waals surface area contributed by atoms with Crippen LogP contribution in [-0.2, 0) is 17.9 Å². The maximum absolute atomic E-state index is 13.6. The molecule has 5 nitrogen and oxygen atoms in total. The fourth-order valence-corrected chi connectivity index (χ4v) is 3.24. The van der Waals surface area contributed by atoms with Crippen molar-refractivity contribution in [2.24, 2.45) is 0 Å². The summed E-state index contributed by atoms with van der Waals surface area (Å²) in [7, 11) is 0. The Morgan fingerprint density at radius 2 is 1.77 bits per heavy atom. The number of nitrogens with zero attached hydrogens (tertiary/aromatic N) is 2. The number of carbonyl (C=O) groups excluding carboxylic acids is 2. The minimum atomic E-state index is -0.505. The molecule has 0 aliphatic heterocycles. The lowest BCUT2D eigenvalue weighted by Gasteiger charge is -2.27. The topological polar surface area (TPSA) is 53.8 Å². The smallest absolute Gasteiger partial charge is 0.254 e. The molecule has 0 fully saturated rings. The third kappa shape index (κ3) is 6.15. The van der Waals surface area contributed by atoms with Gasteiger partial charge in [-0.05, 0) is 42.8 Å². The largest absolute Gasteiger partial charge is 0.464 e. The number of aryl methyl sites for hydroxylation is 1. The number of furan rings is 1. The second-order valence-corrected chi connectivity index (χ2v) is 7.23. The van der Waals surface area contributed by atoms with Gasteiger partial charge in [0.25, 0.3) is 5.91 Å². The molecule has 1 heterocycles. The van der Waals surface area contributed by atoms with Crippen LogP contribution in [0.5, 0.6) is 0 Å². The van der Waals surface area contributed by atoms with E-state index < -0.39 is 11.7 Å². The number of hydrogen-bond acceptors (Lipinski definition) is 3. The van der Waals surface area contributed by atoms with E-state index in [4.69, 9.17) is 4.42 Å². The van der Waals surface area contributed by atoms with Crippen LogP contribution in [0.2, 0.25) is 0 Å². The zero-order chi connectivity index (χ0) is 22.2. The third-order valence-corrected chi connectivity index (χ3v) is 4.75. The molecule has 0 saturated carbocycles. The first-order valence-electron chi connectivity index (χ1n) is 9.99. The Kier molecular flexibility index (Phi) is 7.38. The third-order valence-electron chi connectivity index (χ3n) is 4.75. The van der Waals surface area contributed by atoms with Crippen LogP contribution in [0.15, 0.2) is 83.8 Å². The maximum Gasteiger partial charge on any atom is 0.254 e. The van der Waals surface area contributed by atoms with E-state index in [9.17, 15) is 14.0 Å². The zero-order valence-electron chi connectivity index (χ0n) is 17.5. The van der Waals surface area contributed by atoms with Gasteiger partial charge in [0.05, 0.1) is 6.54 Å². The summed E-state index contributed by atoms with van der Waals surface area (Å²) in [6, 6.07) is 18.7. The minimum Gasteiger partial charge on any atom is -0.464 e. The minimum absolute atomic E-state index is 0.159. The second-order valence-electron chi connectivity index (χ2n) is 7.23. The number of halogens is 1. The molecule has 0 aliphatic carbocycles. The summed E-state index contributed by atoms with van der Waals surface area (Å²) >= 11 is 0. The van der Waals surface area contributed by atoms with Crippen LogP contribution >= 0.6 is 0 Å². The Morgan fingerprint density at radius 3 is 2.42 bits per heavy atom. The van der Waals surface area contributed by atoms with Gasteiger partial charge in [-0.15, -0.1) is 6.58 Å². The molecule has 0 saturated heterocycles. The van der Waals surface area contributed by atoms with Gasteiger partial charge in [-0.2, -0.15) is 0 Å². The van der Waals surface area contributed by atoms with Crippen molar-refractivity contribution in [3.8, 4) is 0 Å². The fraction of sp³-hybridized carbons (Fsp3) is 0.200. The predicted molar refractivity (Wildman–Crippen MR) is 117 cm³/mol. The van der Waals surface area contributed by atoms with Crippen LogP contribution in [-0.4, -0.2) is 34.7 Å². The van der Waals surface area contributed by atoms with Crippen molar-refractivity contribution in [1.82, 2.24) is 9.80 Å². The van der Waals surface area contributed by atoms with Gasteiger partial charge in [-0.1, -0.05) is 42.5 Å². The van der Waals surface area contributed by atoms with Crippen LogP contribution in [0.4, 0.5) is 4.39 Å². The summed E-state index contributed by atoms with van der Waals surface area (Å²) in [5.74, 6) is 0.241.